The van der Waals surface area contributed by atoms with Crippen LogP contribution < -0.4 is 10.0 Å². The molecule has 1 unspecified atom stereocenters. The van der Waals surface area contributed by atoms with Crippen LogP contribution in [0.3, 0.4) is 0 Å². The predicted octanol–water partition coefficient (Wildman–Crippen LogP) is -1.39. The molecule has 0 aromatic carbocycles. The summed E-state index contributed by atoms with van der Waals surface area (Å²) in [6.07, 6.45) is 0.819. The van der Waals surface area contributed by atoms with E-state index in [2.05, 4.69) is 9.71 Å². The van der Waals surface area contributed by atoms with Crippen LogP contribution in [-0.4, -0.2) is 38.4 Å². The summed E-state index contributed by atoms with van der Waals surface area (Å²) < 4.78 is 24.8. The van der Waals surface area contributed by atoms with Crippen LogP contribution in [0.2, 0.25) is 0 Å². The maximum atomic E-state index is 11.3. The van der Waals surface area contributed by atoms with Gasteiger partial charge in [0.2, 0.25) is 10.0 Å². The molecule has 2 N–H and O–H groups in total. The summed E-state index contributed by atoms with van der Waals surface area (Å²) in [6.45, 7) is 1.76. The fraction of sp³-hybridized carbons (Fsp3) is 0.500. The summed E-state index contributed by atoms with van der Waals surface area (Å²) in [5, 5.41) is 0.369. The lowest BCUT2D eigenvalue weighted by molar-refractivity contribution is -0.118. The molecule has 0 aromatic rings. The standard InChI is InChI=1S/C6H9N3O4S/c1-2-8-14(12,13)4-3-7-6(11)9-5(4)10/h3-4,8H,2H2,1H3,(H,9,10,11). The van der Waals surface area contributed by atoms with E-state index in [0.29, 0.717) is 0 Å². The number of hydrogen-bond acceptors (Lipinski definition) is 4. The minimum absolute atomic E-state index is 0.175. The fourth-order valence-electron chi connectivity index (χ4n) is 0.924. The van der Waals surface area contributed by atoms with Gasteiger partial charge in [-0.1, -0.05) is 6.92 Å². The Morgan fingerprint density at radius 2 is 2.21 bits per heavy atom. The van der Waals surface area contributed by atoms with E-state index >= 15 is 0 Å². The van der Waals surface area contributed by atoms with Crippen molar-refractivity contribution in [2.75, 3.05) is 6.54 Å². The van der Waals surface area contributed by atoms with Gasteiger partial charge in [-0.3, -0.25) is 10.1 Å². The van der Waals surface area contributed by atoms with E-state index in [9.17, 15) is 18.0 Å². The third kappa shape index (κ3) is 2.15. The first-order valence-corrected chi connectivity index (χ1v) is 5.39. The van der Waals surface area contributed by atoms with Crippen LogP contribution in [0.15, 0.2) is 4.99 Å². The molecule has 1 aliphatic heterocycles. The average molecular weight is 219 g/mol. The molecular weight excluding hydrogens is 210 g/mol. The molecule has 1 rings (SSSR count). The lowest BCUT2D eigenvalue weighted by Crippen LogP contribution is -2.50. The highest BCUT2D eigenvalue weighted by atomic mass is 32.2. The van der Waals surface area contributed by atoms with Crippen molar-refractivity contribution < 1.29 is 18.0 Å². The van der Waals surface area contributed by atoms with Crippen LogP contribution in [0.25, 0.3) is 0 Å². The Morgan fingerprint density at radius 1 is 1.57 bits per heavy atom. The van der Waals surface area contributed by atoms with Gasteiger partial charge in [0.25, 0.3) is 5.91 Å². The number of aliphatic imine (C=N–C) groups is 1. The molecule has 0 spiro atoms. The Hall–Kier alpha value is -1.28. The van der Waals surface area contributed by atoms with Gasteiger partial charge in [-0.25, -0.2) is 22.9 Å². The van der Waals surface area contributed by atoms with Crippen molar-refractivity contribution in [1.29, 1.82) is 0 Å². The Morgan fingerprint density at radius 3 is 2.71 bits per heavy atom. The number of sulfonamides is 1. The van der Waals surface area contributed by atoms with E-state index in [1.807, 2.05) is 0 Å². The largest absolute Gasteiger partial charge is 0.347 e. The van der Waals surface area contributed by atoms with Crippen molar-refractivity contribution in [2.45, 2.75) is 12.2 Å². The highest BCUT2D eigenvalue weighted by Crippen LogP contribution is 2.01. The Labute approximate surface area is 80.6 Å². The highest BCUT2D eigenvalue weighted by molar-refractivity contribution is 7.91. The Bertz CT molecular complexity index is 386. The van der Waals surface area contributed by atoms with Gasteiger partial charge in [-0.05, 0) is 0 Å². The summed E-state index contributed by atoms with van der Waals surface area (Å²) in [5.74, 6) is -0.883. The highest BCUT2D eigenvalue weighted by Gasteiger charge is 2.34. The predicted molar refractivity (Wildman–Crippen MR) is 48.4 cm³/mol. The van der Waals surface area contributed by atoms with E-state index in [4.69, 9.17) is 0 Å². The first-order chi connectivity index (χ1) is 6.47. The lowest BCUT2D eigenvalue weighted by Gasteiger charge is -2.15. The molecule has 14 heavy (non-hydrogen) atoms. The van der Waals surface area contributed by atoms with Crippen LogP contribution in [0, 0.1) is 0 Å². The minimum Gasteiger partial charge on any atom is -0.275 e. The van der Waals surface area contributed by atoms with E-state index in [-0.39, 0.29) is 6.54 Å². The summed E-state index contributed by atoms with van der Waals surface area (Å²) in [4.78, 5) is 24.8. The molecule has 78 valence electrons. The zero-order valence-electron chi connectivity index (χ0n) is 7.35. The van der Waals surface area contributed by atoms with Crippen LogP contribution in [0.4, 0.5) is 4.79 Å². The van der Waals surface area contributed by atoms with Crippen molar-refractivity contribution in [2.24, 2.45) is 4.99 Å². The van der Waals surface area contributed by atoms with Crippen molar-refractivity contribution in [3.8, 4) is 0 Å². The molecule has 1 aliphatic rings. The number of nitrogens with one attached hydrogen (secondary N) is 2. The molecule has 0 aromatic heterocycles. The molecule has 1 heterocycles. The van der Waals surface area contributed by atoms with Gasteiger partial charge in [-0.15, -0.1) is 0 Å². The van der Waals surface area contributed by atoms with Crippen molar-refractivity contribution in [1.82, 2.24) is 10.0 Å². The summed E-state index contributed by atoms with van der Waals surface area (Å²) >= 11 is 0. The molecule has 8 heteroatoms. The molecule has 0 bridgehead atoms. The second-order valence-corrected chi connectivity index (χ2v) is 4.42. The van der Waals surface area contributed by atoms with E-state index in [1.165, 1.54) is 0 Å². The van der Waals surface area contributed by atoms with Gasteiger partial charge >= 0.3 is 6.03 Å². The Balaban J connectivity index is 2.94. The van der Waals surface area contributed by atoms with Crippen LogP contribution in [0.5, 0.6) is 0 Å². The number of rotatable bonds is 3. The van der Waals surface area contributed by atoms with Crippen LogP contribution >= 0.6 is 0 Å². The van der Waals surface area contributed by atoms with Crippen molar-refractivity contribution >= 4 is 28.2 Å². The van der Waals surface area contributed by atoms with E-state index < -0.39 is 27.2 Å². The second kappa shape index (κ2) is 3.84. The molecule has 3 amide bonds. The van der Waals surface area contributed by atoms with Crippen molar-refractivity contribution in [3.05, 3.63) is 0 Å². The monoisotopic (exact) mass is 219 g/mol. The van der Waals surface area contributed by atoms with Gasteiger partial charge in [0, 0.05) is 12.8 Å². The maximum Gasteiger partial charge on any atom is 0.347 e. The Kier molecular flexibility index (Phi) is 2.96. The fourth-order valence-corrected chi connectivity index (χ4v) is 2.07. The zero-order valence-corrected chi connectivity index (χ0v) is 8.17. The molecule has 0 saturated heterocycles. The first kappa shape index (κ1) is 10.8. The molecule has 0 radical (unpaired) electrons. The van der Waals surface area contributed by atoms with Gasteiger partial charge < -0.3 is 0 Å². The average Bonchev–Trinajstić information content (AvgIpc) is 2.02. The van der Waals surface area contributed by atoms with E-state index in [0.717, 1.165) is 6.21 Å². The smallest absolute Gasteiger partial charge is 0.275 e. The molecule has 0 saturated carbocycles. The number of urea groups is 1. The normalized spacial score (nSPS) is 22.2. The van der Waals surface area contributed by atoms with Gasteiger partial charge in [0.05, 0.1) is 0 Å². The molecule has 1 atom stereocenters. The quantitative estimate of drug-likeness (QED) is 0.610. The summed E-state index contributed by atoms with van der Waals surface area (Å²) in [6, 6.07) is -0.849. The van der Waals surface area contributed by atoms with Gasteiger partial charge in [0.15, 0.2) is 5.25 Å². The number of imide groups is 1. The number of nitrogens with zero attached hydrogens (tertiary/aromatic N) is 1. The van der Waals surface area contributed by atoms with E-state index in [1.54, 1.807) is 12.2 Å². The number of hydrogen-bond donors (Lipinski definition) is 2. The molecule has 0 fully saturated rings. The first-order valence-electron chi connectivity index (χ1n) is 3.85. The molecule has 0 aliphatic carbocycles. The third-order valence-corrected chi connectivity index (χ3v) is 3.19. The van der Waals surface area contributed by atoms with Crippen LogP contribution in [0.1, 0.15) is 6.92 Å². The zero-order chi connectivity index (χ0) is 10.8. The minimum atomic E-state index is -3.77. The molecular formula is C6H9N3O4S. The topological polar surface area (TPSA) is 105 Å². The molecule has 7 nitrogen and oxygen atoms in total. The summed E-state index contributed by atoms with van der Waals surface area (Å²) in [7, 11) is -3.77. The van der Waals surface area contributed by atoms with Gasteiger partial charge in [-0.2, -0.15) is 0 Å². The second-order valence-electron chi connectivity index (χ2n) is 2.54. The van der Waals surface area contributed by atoms with Gasteiger partial charge in [0.1, 0.15) is 0 Å². The summed E-state index contributed by atoms with van der Waals surface area (Å²) in [5.41, 5.74) is 0. The number of carbonyl (C=O) groups is 2. The lowest BCUT2D eigenvalue weighted by atomic mass is 10.4. The number of amides is 3. The maximum absolute atomic E-state index is 11.3. The van der Waals surface area contributed by atoms with Crippen LogP contribution in [-0.2, 0) is 14.8 Å². The SMILES string of the molecule is CCNS(=O)(=O)C1C=NC(=O)NC1=O. The van der Waals surface area contributed by atoms with Crippen molar-refractivity contribution in [3.63, 3.8) is 0 Å². The third-order valence-electron chi connectivity index (χ3n) is 1.50. The number of carbonyl (C=O) groups excluding carboxylic acids is 2.